The molecule has 1 unspecified atom stereocenters. The van der Waals surface area contributed by atoms with Crippen LogP contribution in [-0.2, 0) is 22.6 Å². The lowest BCUT2D eigenvalue weighted by molar-refractivity contribution is -0.142. The number of rotatable bonds is 10. The van der Waals surface area contributed by atoms with Gasteiger partial charge in [0.25, 0.3) is 5.91 Å². The second kappa shape index (κ2) is 12.6. The minimum absolute atomic E-state index is 0.0604. The van der Waals surface area contributed by atoms with Gasteiger partial charge < -0.3 is 15.0 Å². The summed E-state index contributed by atoms with van der Waals surface area (Å²) in [5.74, 6) is -0.0102. The molecule has 0 saturated heterocycles. The van der Waals surface area contributed by atoms with Crippen molar-refractivity contribution in [3.8, 4) is 5.75 Å². The third-order valence-corrected chi connectivity index (χ3v) is 6.82. The maximum absolute atomic E-state index is 13.8. The van der Waals surface area contributed by atoms with Gasteiger partial charge in [-0.2, -0.15) is 0 Å². The van der Waals surface area contributed by atoms with Crippen LogP contribution in [0.5, 0.6) is 5.75 Å². The van der Waals surface area contributed by atoms with Crippen LogP contribution in [0.2, 0.25) is 10.0 Å². The zero-order valence-corrected chi connectivity index (χ0v) is 22.0. The Labute approximate surface area is 226 Å². The van der Waals surface area contributed by atoms with Crippen molar-refractivity contribution in [1.82, 2.24) is 10.2 Å². The molecule has 0 aliphatic rings. The van der Waals surface area contributed by atoms with Gasteiger partial charge in [-0.05, 0) is 36.1 Å². The fraction of sp³-hybridized carbons (Fsp3) is 0.200. The van der Waals surface area contributed by atoms with Crippen LogP contribution < -0.4 is 10.1 Å². The normalized spacial score (nSPS) is 11.6. The molecule has 1 atom stereocenters. The van der Waals surface area contributed by atoms with E-state index in [2.05, 4.69) is 5.32 Å². The van der Waals surface area contributed by atoms with Crippen molar-refractivity contribution < 1.29 is 14.3 Å². The summed E-state index contributed by atoms with van der Waals surface area (Å²) in [6.07, 6.45) is 0.328. The quantitative estimate of drug-likeness (QED) is 0.259. The Morgan fingerprint density at radius 2 is 1.51 bits per heavy atom. The van der Waals surface area contributed by atoms with Gasteiger partial charge in [0.05, 0.1) is 0 Å². The molecule has 5 nitrogen and oxygen atoms in total. The first-order chi connectivity index (χ1) is 18.0. The molecule has 4 aromatic carbocycles. The highest BCUT2D eigenvalue weighted by molar-refractivity contribution is 6.36. The highest BCUT2D eigenvalue weighted by atomic mass is 35.5. The van der Waals surface area contributed by atoms with E-state index in [0.29, 0.717) is 34.3 Å². The lowest BCUT2D eigenvalue weighted by Crippen LogP contribution is -2.51. The molecule has 0 spiro atoms. The molecule has 7 heteroatoms. The number of benzene rings is 4. The summed E-state index contributed by atoms with van der Waals surface area (Å²) in [6, 6.07) is 27.5. The van der Waals surface area contributed by atoms with Gasteiger partial charge in [-0.1, -0.05) is 96.0 Å². The molecule has 0 aliphatic carbocycles. The zero-order valence-electron chi connectivity index (χ0n) is 20.5. The molecule has 1 N–H and O–H groups in total. The van der Waals surface area contributed by atoms with E-state index < -0.39 is 6.04 Å². The van der Waals surface area contributed by atoms with Gasteiger partial charge in [-0.3, -0.25) is 9.59 Å². The number of amides is 2. The molecule has 0 saturated carbocycles. The first-order valence-corrected chi connectivity index (χ1v) is 12.9. The number of ether oxygens (including phenoxy) is 1. The summed E-state index contributed by atoms with van der Waals surface area (Å²) in [5, 5.41) is 5.64. The highest BCUT2D eigenvalue weighted by Gasteiger charge is 2.31. The number of hydrogen-bond acceptors (Lipinski definition) is 3. The van der Waals surface area contributed by atoms with E-state index in [1.54, 1.807) is 18.2 Å². The van der Waals surface area contributed by atoms with Crippen LogP contribution in [0.1, 0.15) is 18.1 Å². The first kappa shape index (κ1) is 26.5. The van der Waals surface area contributed by atoms with Gasteiger partial charge in [-0.25, -0.2) is 0 Å². The van der Waals surface area contributed by atoms with Crippen LogP contribution >= 0.6 is 23.2 Å². The second-order valence-electron chi connectivity index (χ2n) is 8.59. The lowest BCUT2D eigenvalue weighted by atomic mass is 10.0. The average Bonchev–Trinajstić information content (AvgIpc) is 2.91. The minimum Gasteiger partial charge on any atom is -0.483 e. The summed E-state index contributed by atoms with van der Waals surface area (Å²) in [4.78, 5) is 28.6. The molecule has 0 aliphatic heterocycles. The van der Waals surface area contributed by atoms with Crippen LogP contribution in [0.3, 0.4) is 0 Å². The van der Waals surface area contributed by atoms with Crippen molar-refractivity contribution in [2.75, 3.05) is 13.2 Å². The fourth-order valence-electron chi connectivity index (χ4n) is 4.24. The molecule has 4 rings (SSSR count). The molecule has 0 heterocycles. The molecular weight excluding hydrogens is 507 g/mol. The van der Waals surface area contributed by atoms with E-state index in [-0.39, 0.29) is 25.0 Å². The predicted molar refractivity (Wildman–Crippen MR) is 149 cm³/mol. The lowest BCUT2D eigenvalue weighted by Gasteiger charge is -2.32. The van der Waals surface area contributed by atoms with Crippen molar-refractivity contribution in [2.45, 2.75) is 25.9 Å². The third-order valence-electron chi connectivity index (χ3n) is 6.11. The molecule has 0 fully saturated rings. The minimum atomic E-state index is -0.793. The number of carbonyl (C=O) groups is 2. The summed E-state index contributed by atoms with van der Waals surface area (Å²) in [5.41, 5.74) is 1.50. The summed E-state index contributed by atoms with van der Waals surface area (Å²) in [7, 11) is 0. The Hall–Kier alpha value is -3.54. The van der Waals surface area contributed by atoms with Gasteiger partial charge in [0.15, 0.2) is 6.61 Å². The number of fused-ring (bicyclic) bond motifs is 1. The third kappa shape index (κ3) is 6.62. The average molecular weight is 535 g/mol. The molecule has 2 amide bonds. The Bertz CT molecular complexity index is 1350. The topological polar surface area (TPSA) is 58.6 Å². The number of halogens is 2. The maximum Gasteiger partial charge on any atom is 0.261 e. The van der Waals surface area contributed by atoms with E-state index in [9.17, 15) is 9.59 Å². The zero-order chi connectivity index (χ0) is 26.2. The van der Waals surface area contributed by atoms with Crippen LogP contribution in [0.15, 0.2) is 91.0 Å². The fourth-order valence-corrected chi connectivity index (χ4v) is 4.76. The summed E-state index contributed by atoms with van der Waals surface area (Å²) >= 11 is 12.9. The second-order valence-corrected chi connectivity index (χ2v) is 9.40. The monoisotopic (exact) mass is 534 g/mol. The van der Waals surface area contributed by atoms with Crippen molar-refractivity contribution in [1.29, 1.82) is 0 Å². The molecule has 0 radical (unpaired) electrons. The smallest absolute Gasteiger partial charge is 0.261 e. The van der Waals surface area contributed by atoms with E-state index in [4.69, 9.17) is 27.9 Å². The first-order valence-electron chi connectivity index (χ1n) is 12.1. The molecule has 4 aromatic rings. The molecule has 37 heavy (non-hydrogen) atoms. The van der Waals surface area contributed by atoms with E-state index >= 15 is 0 Å². The Balaban J connectivity index is 1.67. The van der Waals surface area contributed by atoms with Crippen molar-refractivity contribution in [3.63, 3.8) is 0 Å². The molecular formula is C30H28Cl2N2O3. The van der Waals surface area contributed by atoms with Crippen LogP contribution in [0.25, 0.3) is 10.8 Å². The number of nitrogens with one attached hydrogen (secondary N) is 1. The molecule has 0 bridgehead atoms. The highest BCUT2D eigenvalue weighted by Crippen LogP contribution is 2.28. The van der Waals surface area contributed by atoms with Gasteiger partial charge in [0, 0.05) is 40.5 Å². The van der Waals surface area contributed by atoms with E-state index in [0.717, 1.165) is 16.3 Å². The molecule has 190 valence electrons. The largest absolute Gasteiger partial charge is 0.483 e. The van der Waals surface area contributed by atoms with E-state index in [1.165, 1.54) is 4.90 Å². The van der Waals surface area contributed by atoms with Gasteiger partial charge >= 0.3 is 0 Å². The van der Waals surface area contributed by atoms with Gasteiger partial charge in [-0.15, -0.1) is 0 Å². The number of likely N-dealkylation sites (N-methyl/N-ethyl adjacent to an activating group) is 1. The van der Waals surface area contributed by atoms with Crippen molar-refractivity contribution in [2.24, 2.45) is 0 Å². The van der Waals surface area contributed by atoms with Gasteiger partial charge in [0.1, 0.15) is 11.8 Å². The van der Waals surface area contributed by atoms with E-state index in [1.807, 2.05) is 79.7 Å². The SMILES string of the molecule is CCNC(=O)C(Cc1ccccc1)N(Cc1c(Cl)cccc1Cl)C(=O)COc1cccc2ccccc12. The number of nitrogens with zero attached hydrogens (tertiary/aromatic N) is 1. The summed E-state index contributed by atoms with van der Waals surface area (Å²) in [6.45, 7) is 2.09. The van der Waals surface area contributed by atoms with Crippen molar-refractivity contribution >= 4 is 45.8 Å². The van der Waals surface area contributed by atoms with Crippen LogP contribution in [-0.4, -0.2) is 35.9 Å². The van der Waals surface area contributed by atoms with Crippen LogP contribution in [0, 0.1) is 0 Å². The Morgan fingerprint density at radius 3 is 2.24 bits per heavy atom. The summed E-state index contributed by atoms with van der Waals surface area (Å²) < 4.78 is 6.01. The maximum atomic E-state index is 13.8. The molecule has 0 aromatic heterocycles. The van der Waals surface area contributed by atoms with Crippen molar-refractivity contribution in [3.05, 3.63) is 112 Å². The number of hydrogen-bond donors (Lipinski definition) is 1. The Kier molecular flexibility index (Phi) is 9.04. The standard InChI is InChI=1S/C30H28Cl2N2O3/c1-2-33-30(36)27(18-21-10-4-3-5-11-21)34(19-24-25(31)15-9-16-26(24)32)29(35)20-37-28-17-8-13-22-12-6-7-14-23(22)28/h3-17,27H,2,18-20H2,1H3,(H,33,36). The van der Waals surface area contributed by atoms with Crippen LogP contribution in [0.4, 0.5) is 0 Å². The number of carbonyl (C=O) groups excluding carboxylic acids is 2. The van der Waals surface area contributed by atoms with Gasteiger partial charge in [0.2, 0.25) is 5.91 Å². The predicted octanol–water partition coefficient (Wildman–Crippen LogP) is 6.30. The Morgan fingerprint density at radius 1 is 0.865 bits per heavy atom.